The topological polar surface area (TPSA) is 47.6 Å². The lowest BCUT2D eigenvalue weighted by Gasteiger charge is -2.15. The van der Waals surface area contributed by atoms with Gasteiger partial charge in [-0.15, -0.1) is 0 Å². The Morgan fingerprint density at radius 3 is 2.43 bits per heavy atom. The summed E-state index contributed by atoms with van der Waals surface area (Å²) in [6, 6.07) is 15.6. The summed E-state index contributed by atoms with van der Waals surface area (Å²) in [4.78, 5) is 12.2. The molecule has 2 aromatic rings. The molecule has 1 amide bonds. The maximum atomic E-state index is 12.2. The maximum absolute atomic E-state index is 12.2. The molecule has 1 atom stereocenters. The number of amides is 1. The summed E-state index contributed by atoms with van der Waals surface area (Å²) in [5.74, 6) is 1.40. The van der Waals surface area contributed by atoms with Gasteiger partial charge in [-0.2, -0.15) is 0 Å². The minimum atomic E-state index is -0.00379. The van der Waals surface area contributed by atoms with Crippen LogP contribution in [0.1, 0.15) is 30.5 Å². The first-order valence-corrected chi connectivity index (χ1v) is 7.70. The average Bonchev–Trinajstić information content (AvgIpc) is 2.60. The van der Waals surface area contributed by atoms with Crippen LogP contribution in [0.25, 0.3) is 0 Å². The van der Waals surface area contributed by atoms with Crippen molar-refractivity contribution in [3.63, 3.8) is 0 Å². The fourth-order valence-electron chi connectivity index (χ4n) is 2.54. The van der Waals surface area contributed by atoms with Crippen molar-refractivity contribution >= 4 is 5.91 Å². The Morgan fingerprint density at radius 2 is 1.78 bits per heavy atom. The van der Waals surface area contributed by atoms with E-state index >= 15 is 0 Å². The van der Waals surface area contributed by atoms with Crippen LogP contribution in [-0.2, 0) is 11.2 Å². The number of aryl methyl sites for hydroxylation is 1. The number of nitrogens with one attached hydrogen (secondary N) is 1. The lowest BCUT2D eigenvalue weighted by molar-refractivity contribution is -0.121. The Balaban J connectivity index is 1.95. The Morgan fingerprint density at radius 1 is 1.04 bits per heavy atom. The molecular formula is C19H23NO3. The number of hydrogen-bond acceptors (Lipinski definition) is 3. The number of para-hydroxylation sites is 1. The second kappa shape index (κ2) is 8.22. The molecule has 0 saturated carbocycles. The molecule has 0 spiro atoms. The summed E-state index contributed by atoms with van der Waals surface area (Å²) in [5.41, 5.74) is 2.06. The first kappa shape index (κ1) is 16.9. The third-order valence-electron chi connectivity index (χ3n) is 3.78. The molecule has 0 aliphatic heterocycles. The quantitative estimate of drug-likeness (QED) is 0.851. The molecule has 23 heavy (non-hydrogen) atoms. The van der Waals surface area contributed by atoms with Crippen LogP contribution in [0.4, 0.5) is 0 Å². The van der Waals surface area contributed by atoms with E-state index in [4.69, 9.17) is 9.47 Å². The van der Waals surface area contributed by atoms with E-state index in [-0.39, 0.29) is 11.9 Å². The number of rotatable bonds is 7. The highest BCUT2D eigenvalue weighted by molar-refractivity contribution is 5.76. The zero-order chi connectivity index (χ0) is 16.7. The van der Waals surface area contributed by atoms with Crippen molar-refractivity contribution in [3.8, 4) is 11.5 Å². The van der Waals surface area contributed by atoms with E-state index in [0.29, 0.717) is 24.3 Å². The van der Waals surface area contributed by atoms with E-state index in [0.717, 1.165) is 11.1 Å². The van der Waals surface area contributed by atoms with Crippen LogP contribution in [0.5, 0.6) is 11.5 Å². The van der Waals surface area contributed by atoms with Gasteiger partial charge >= 0.3 is 0 Å². The highest BCUT2D eigenvalue weighted by Crippen LogP contribution is 2.31. The Kier molecular flexibility index (Phi) is 6.03. The molecule has 4 heteroatoms. The van der Waals surface area contributed by atoms with Gasteiger partial charge in [-0.1, -0.05) is 42.5 Å². The van der Waals surface area contributed by atoms with E-state index in [1.54, 1.807) is 14.2 Å². The molecule has 2 rings (SSSR count). The second-order valence-electron chi connectivity index (χ2n) is 5.35. The summed E-state index contributed by atoms with van der Waals surface area (Å²) in [6.45, 7) is 1.99. The zero-order valence-corrected chi connectivity index (χ0v) is 13.8. The van der Waals surface area contributed by atoms with Crippen LogP contribution in [0.3, 0.4) is 0 Å². The van der Waals surface area contributed by atoms with E-state index in [1.807, 2.05) is 55.5 Å². The molecule has 2 aromatic carbocycles. The van der Waals surface area contributed by atoms with E-state index < -0.39 is 0 Å². The molecule has 0 aliphatic rings. The average molecular weight is 313 g/mol. The fraction of sp³-hybridized carbons (Fsp3) is 0.316. The molecule has 0 saturated heterocycles. The van der Waals surface area contributed by atoms with Gasteiger partial charge in [0.05, 0.1) is 20.3 Å². The summed E-state index contributed by atoms with van der Waals surface area (Å²) >= 11 is 0. The van der Waals surface area contributed by atoms with Crippen LogP contribution < -0.4 is 14.8 Å². The lowest BCUT2D eigenvalue weighted by Crippen LogP contribution is -2.26. The smallest absolute Gasteiger partial charge is 0.220 e. The number of hydrogen-bond donors (Lipinski definition) is 1. The van der Waals surface area contributed by atoms with Gasteiger partial charge in [0.2, 0.25) is 5.91 Å². The van der Waals surface area contributed by atoms with Gasteiger partial charge in [0.1, 0.15) is 0 Å². The second-order valence-corrected chi connectivity index (χ2v) is 5.35. The molecule has 1 N–H and O–H groups in total. The first-order chi connectivity index (χ1) is 11.2. The van der Waals surface area contributed by atoms with Crippen molar-refractivity contribution in [2.24, 2.45) is 0 Å². The lowest BCUT2D eigenvalue weighted by atomic mass is 10.1. The van der Waals surface area contributed by atoms with E-state index in [1.165, 1.54) is 0 Å². The highest BCUT2D eigenvalue weighted by atomic mass is 16.5. The van der Waals surface area contributed by atoms with Gasteiger partial charge in [-0.05, 0) is 30.5 Å². The molecule has 0 aromatic heterocycles. The summed E-state index contributed by atoms with van der Waals surface area (Å²) < 4.78 is 10.7. The fourth-order valence-corrected chi connectivity index (χ4v) is 2.54. The van der Waals surface area contributed by atoms with Crippen molar-refractivity contribution in [3.05, 3.63) is 59.7 Å². The first-order valence-electron chi connectivity index (χ1n) is 7.70. The minimum Gasteiger partial charge on any atom is -0.493 e. The Labute approximate surface area is 137 Å². The SMILES string of the molecule is COc1cccc(CCC(=O)N[C@@H](C)c2ccccc2)c1OC. The number of methoxy groups -OCH3 is 2. The van der Waals surface area contributed by atoms with Crippen LogP contribution in [0, 0.1) is 0 Å². The zero-order valence-electron chi connectivity index (χ0n) is 13.8. The maximum Gasteiger partial charge on any atom is 0.220 e. The predicted molar refractivity (Wildman–Crippen MR) is 90.9 cm³/mol. The number of ether oxygens (including phenoxy) is 2. The number of carbonyl (C=O) groups excluding carboxylic acids is 1. The standard InChI is InChI=1S/C19H23NO3/c1-14(15-8-5-4-6-9-15)20-18(21)13-12-16-10-7-11-17(22-2)19(16)23-3/h4-11,14H,12-13H2,1-3H3,(H,20,21)/t14-/m0/s1. The van der Waals surface area contributed by atoms with Crippen molar-refractivity contribution in [1.82, 2.24) is 5.32 Å². The van der Waals surface area contributed by atoms with Gasteiger partial charge in [0.25, 0.3) is 0 Å². The van der Waals surface area contributed by atoms with Gasteiger partial charge < -0.3 is 14.8 Å². The molecule has 0 heterocycles. The predicted octanol–water partition coefficient (Wildman–Crippen LogP) is 3.51. The largest absolute Gasteiger partial charge is 0.493 e. The molecule has 4 nitrogen and oxygen atoms in total. The minimum absolute atomic E-state index is 0.00379. The number of carbonyl (C=O) groups is 1. The monoisotopic (exact) mass is 313 g/mol. The van der Waals surface area contributed by atoms with Gasteiger partial charge in [-0.25, -0.2) is 0 Å². The molecule has 0 radical (unpaired) electrons. The molecular weight excluding hydrogens is 290 g/mol. The van der Waals surface area contributed by atoms with Crippen molar-refractivity contribution in [2.45, 2.75) is 25.8 Å². The van der Waals surface area contributed by atoms with Crippen LogP contribution >= 0.6 is 0 Å². The molecule has 122 valence electrons. The van der Waals surface area contributed by atoms with Crippen LogP contribution in [0.2, 0.25) is 0 Å². The third-order valence-corrected chi connectivity index (χ3v) is 3.78. The van der Waals surface area contributed by atoms with Crippen molar-refractivity contribution in [1.29, 1.82) is 0 Å². The van der Waals surface area contributed by atoms with Crippen LogP contribution in [0.15, 0.2) is 48.5 Å². The Bertz CT molecular complexity index is 640. The van der Waals surface area contributed by atoms with Gasteiger partial charge in [0.15, 0.2) is 11.5 Å². The van der Waals surface area contributed by atoms with E-state index in [9.17, 15) is 4.79 Å². The molecule has 0 unspecified atom stereocenters. The summed E-state index contributed by atoms with van der Waals surface area (Å²) in [6.07, 6.45) is 1.01. The van der Waals surface area contributed by atoms with Crippen molar-refractivity contribution in [2.75, 3.05) is 14.2 Å². The third kappa shape index (κ3) is 4.49. The molecule has 0 fully saturated rings. The summed E-state index contributed by atoms with van der Waals surface area (Å²) in [7, 11) is 3.22. The Hall–Kier alpha value is -2.49. The van der Waals surface area contributed by atoms with Crippen molar-refractivity contribution < 1.29 is 14.3 Å². The van der Waals surface area contributed by atoms with Gasteiger partial charge in [-0.3, -0.25) is 4.79 Å². The molecule has 0 bridgehead atoms. The molecule has 0 aliphatic carbocycles. The van der Waals surface area contributed by atoms with E-state index in [2.05, 4.69) is 5.32 Å². The highest BCUT2D eigenvalue weighted by Gasteiger charge is 2.13. The van der Waals surface area contributed by atoms with Crippen LogP contribution in [-0.4, -0.2) is 20.1 Å². The number of benzene rings is 2. The normalized spacial score (nSPS) is 11.6. The summed E-state index contributed by atoms with van der Waals surface area (Å²) in [5, 5.41) is 3.02. The van der Waals surface area contributed by atoms with Gasteiger partial charge in [0, 0.05) is 6.42 Å².